The first-order valence-electron chi connectivity index (χ1n) is 5.33. The maximum atomic E-state index is 5.68. The van der Waals surface area contributed by atoms with Crippen LogP contribution in [-0.2, 0) is 6.54 Å². The molecule has 2 aromatic heterocycles. The van der Waals surface area contributed by atoms with Gasteiger partial charge in [0, 0.05) is 24.4 Å². The molecule has 84 valence electrons. The Hall–Kier alpha value is -1.91. The summed E-state index contributed by atoms with van der Waals surface area (Å²) < 4.78 is 1.91. The Labute approximate surface area is 94.3 Å². The molecule has 0 spiro atoms. The van der Waals surface area contributed by atoms with E-state index in [4.69, 9.17) is 5.73 Å². The second kappa shape index (κ2) is 4.30. The van der Waals surface area contributed by atoms with Gasteiger partial charge in [-0.3, -0.25) is 4.68 Å². The molecule has 0 aliphatic rings. The SMILES string of the molecule is CCCn1cc(-c2cc(N)nc(C)n2)cn1. The van der Waals surface area contributed by atoms with E-state index in [1.54, 1.807) is 12.3 Å². The average Bonchev–Trinajstić information content (AvgIpc) is 2.65. The molecular weight excluding hydrogens is 202 g/mol. The number of aryl methyl sites for hydroxylation is 2. The number of nitrogen functional groups attached to an aromatic ring is 1. The Kier molecular flexibility index (Phi) is 2.85. The van der Waals surface area contributed by atoms with Crippen LogP contribution in [0.1, 0.15) is 19.2 Å². The molecule has 0 aliphatic carbocycles. The van der Waals surface area contributed by atoms with Crippen LogP contribution in [0.4, 0.5) is 5.82 Å². The molecule has 0 aromatic carbocycles. The zero-order valence-corrected chi connectivity index (χ0v) is 9.51. The zero-order chi connectivity index (χ0) is 11.5. The average molecular weight is 217 g/mol. The van der Waals surface area contributed by atoms with Gasteiger partial charge in [-0.05, 0) is 13.3 Å². The van der Waals surface area contributed by atoms with Gasteiger partial charge >= 0.3 is 0 Å². The molecule has 16 heavy (non-hydrogen) atoms. The fraction of sp³-hybridized carbons (Fsp3) is 0.364. The summed E-state index contributed by atoms with van der Waals surface area (Å²) in [5, 5.41) is 4.26. The summed E-state index contributed by atoms with van der Waals surface area (Å²) in [6.45, 7) is 4.87. The number of hydrogen-bond donors (Lipinski definition) is 1. The summed E-state index contributed by atoms with van der Waals surface area (Å²) in [6, 6.07) is 1.76. The maximum absolute atomic E-state index is 5.68. The fourth-order valence-electron chi connectivity index (χ4n) is 1.59. The normalized spacial score (nSPS) is 10.6. The molecule has 2 aromatic rings. The Balaban J connectivity index is 2.34. The number of anilines is 1. The Morgan fingerprint density at radius 1 is 1.38 bits per heavy atom. The number of rotatable bonds is 3. The van der Waals surface area contributed by atoms with E-state index in [1.165, 1.54) is 0 Å². The molecule has 0 radical (unpaired) electrons. The van der Waals surface area contributed by atoms with Gasteiger partial charge in [0.1, 0.15) is 11.6 Å². The number of nitrogens with zero attached hydrogens (tertiary/aromatic N) is 4. The third-order valence-corrected chi connectivity index (χ3v) is 2.24. The summed E-state index contributed by atoms with van der Waals surface area (Å²) in [7, 11) is 0. The molecule has 5 nitrogen and oxygen atoms in total. The summed E-state index contributed by atoms with van der Waals surface area (Å²) in [6.07, 6.45) is 4.84. The summed E-state index contributed by atoms with van der Waals surface area (Å²) in [4.78, 5) is 8.38. The van der Waals surface area contributed by atoms with Crippen LogP contribution < -0.4 is 5.73 Å². The lowest BCUT2D eigenvalue weighted by Crippen LogP contribution is -1.97. The first-order chi connectivity index (χ1) is 7.69. The van der Waals surface area contributed by atoms with Crippen molar-refractivity contribution in [3.63, 3.8) is 0 Å². The molecular formula is C11H15N5. The Morgan fingerprint density at radius 2 is 2.19 bits per heavy atom. The molecule has 0 amide bonds. The smallest absolute Gasteiger partial charge is 0.128 e. The first-order valence-corrected chi connectivity index (χ1v) is 5.33. The van der Waals surface area contributed by atoms with Gasteiger partial charge < -0.3 is 5.73 Å². The van der Waals surface area contributed by atoms with Crippen molar-refractivity contribution in [2.24, 2.45) is 0 Å². The molecule has 2 rings (SSSR count). The third-order valence-electron chi connectivity index (χ3n) is 2.24. The fourth-order valence-corrected chi connectivity index (χ4v) is 1.59. The van der Waals surface area contributed by atoms with E-state index in [1.807, 2.05) is 17.8 Å². The van der Waals surface area contributed by atoms with E-state index in [0.29, 0.717) is 11.6 Å². The van der Waals surface area contributed by atoms with E-state index >= 15 is 0 Å². The lowest BCUT2D eigenvalue weighted by Gasteiger charge is -2.00. The van der Waals surface area contributed by atoms with Crippen LogP contribution in [0.2, 0.25) is 0 Å². The highest BCUT2D eigenvalue weighted by Crippen LogP contribution is 2.17. The van der Waals surface area contributed by atoms with Crippen molar-refractivity contribution < 1.29 is 0 Å². The second-order valence-electron chi connectivity index (χ2n) is 3.72. The van der Waals surface area contributed by atoms with Crippen molar-refractivity contribution in [3.05, 3.63) is 24.3 Å². The predicted molar refractivity (Wildman–Crippen MR) is 62.7 cm³/mol. The van der Waals surface area contributed by atoms with Gasteiger partial charge in [0.15, 0.2) is 0 Å². The van der Waals surface area contributed by atoms with Crippen LogP contribution in [0.5, 0.6) is 0 Å². The van der Waals surface area contributed by atoms with Crippen LogP contribution in [0, 0.1) is 6.92 Å². The molecule has 0 saturated heterocycles. The molecule has 0 saturated carbocycles. The molecule has 0 atom stereocenters. The van der Waals surface area contributed by atoms with Gasteiger partial charge in [-0.15, -0.1) is 0 Å². The van der Waals surface area contributed by atoms with E-state index in [-0.39, 0.29) is 0 Å². The van der Waals surface area contributed by atoms with Gasteiger partial charge in [0.25, 0.3) is 0 Å². The van der Waals surface area contributed by atoms with Crippen LogP contribution in [-0.4, -0.2) is 19.7 Å². The van der Waals surface area contributed by atoms with Gasteiger partial charge in [0.05, 0.1) is 11.9 Å². The minimum Gasteiger partial charge on any atom is -0.384 e. The monoisotopic (exact) mass is 217 g/mol. The predicted octanol–water partition coefficient (Wildman–Crippen LogP) is 1.64. The quantitative estimate of drug-likeness (QED) is 0.848. The molecule has 2 heterocycles. The first kappa shape index (κ1) is 10.6. The van der Waals surface area contributed by atoms with Crippen LogP contribution in [0.3, 0.4) is 0 Å². The molecule has 2 N–H and O–H groups in total. The van der Waals surface area contributed by atoms with Gasteiger partial charge in [-0.25, -0.2) is 9.97 Å². The van der Waals surface area contributed by atoms with Crippen molar-refractivity contribution in [2.75, 3.05) is 5.73 Å². The topological polar surface area (TPSA) is 69.6 Å². The van der Waals surface area contributed by atoms with Crippen LogP contribution in [0.25, 0.3) is 11.3 Å². The Bertz CT molecular complexity index is 469. The van der Waals surface area contributed by atoms with Crippen molar-refractivity contribution in [2.45, 2.75) is 26.8 Å². The maximum Gasteiger partial charge on any atom is 0.128 e. The van der Waals surface area contributed by atoms with Crippen molar-refractivity contribution in [1.29, 1.82) is 0 Å². The van der Waals surface area contributed by atoms with Crippen molar-refractivity contribution in [3.8, 4) is 11.3 Å². The van der Waals surface area contributed by atoms with Crippen molar-refractivity contribution in [1.82, 2.24) is 19.7 Å². The van der Waals surface area contributed by atoms with Gasteiger partial charge in [0.2, 0.25) is 0 Å². The zero-order valence-electron chi connectivity index (χ0n) is 9.51. The van der Waals surface area contributed by atoms with E-state index in [2.05, 4.69) is 22.0 Å². The minimum absolute atomic E-state index is 0.491. The lowest BCUT2D eigenvalue weighted by atomic mass is 10.2. The van der Waals surface area contributed by atoms with Crippen LogP contribution in [0.15, 0.2) is 18.5 Å². The number of nitrogens with two attached hydrogens (primary N) is 1. The van der Waals surface area contributed by atoms with E-state index in [9.17, 15) is 0 Å². The molecule has 0 bridgehead atoms. The summed E-state index contributed by atoms with van der Waals surface area (Å²) in [5.74, 6) is 1.17. The van der Waals surface area contributed by atoms with Crippen molar-refractivity contribution >= 4 is 5.82 Å². The second-order valence-corrected chi connectivity index (χ2v) is 3.72. The molecule has 0 fully saturated rings. The summed E-state index contributed by atoms with van der Waals surface area (Å²) >= 11 is 0. The number of hydrogen-bond acceptors (Lipinski definition) is 4. The minimum atomic E-state index is 0.491. The Morgan fingerprint density at radius 3 is 2.88 bits per heavy atom. The summed E-state index contributed by atoms with van der Waals surface area (Å²) in [5.41, 5.74) is 7.49. The largest absolute Gasteiger partial charge is 0.384 e. The molecule has 5 heteroatoms. The molecule has 0 aliphatic heterocycles. The number of aromatic nitrogens is 4. The van der Waals surface area contributed by atoms with Crippen LogP contribution >= 0.6 is 0 Å². The highest BCUT2D eigenvalue weighted by molar-refractivity contribution is 5.59. The lowest BCUT2D eigenvalue weighted by molar-refractivity contribution is 0.603. The highest BCUT2D eigenvalue weighted by Gasteiger charge is 2.05. The standard InChI is InChI=1S/C11H15N5/c1-3-4-16-7-9(6-13-16)10-5-11(12)15-8(2)14-10/h5-7H,3-4H2,1-2H3,(H2,12,14,15). The highest BCUT2D eigenvalue weighted by atomic mass is 15.3. The van der Waals surface area contributed by atoms with Gasteiger partial charge in [-0.2, -0.15) is 5.10 Å². The molecule has 0 unspecified atom stereocenters. The third kappa shape index (κ3) is 2.18. The van der Waals surface area contributed by atoms with Gasteiger partial charge in [-0.1, -0.05) is 6.92 Å². The van der Waals surface area contributed by atoms with E-state index in [0.717, 1.165) is 24.2 Å². The van der Waals surface area contributed by atoms with E-state index < -0.39 is 0 Å².